The number of nitrogens with one attached hydrogen (secondary N) is 1. The van der Waals surface area contributed by atoms with Crippen LogP contribution in [0.5, 0.6) is 0 Å². The van der Waals surface area contributed by atoms with E-state index in [4.69, 9.17) is 4.74 Å². The molecule has 35 heavy (non-hydrogen) atoms. The first-order chi connectivity index (χ1) is 17.2. The van der Waals surface area contributed by atoms with Crippen LogP contribution in [0.15, 0.2) is 66.7 Å². The molecule has 2 saturated heterocycles. The van der Waals surface area contributed by atoms with Crippen LogP contribution in [0.25, 0.3) is 11.1 Å². The van der Waals surface area contributed by atoms with Gasteiger partial charge in [-0.3, -0.25) is 14.5 Å². The zero-order chi connectivity index (χ0) is 24.0. The third kappa shape index (κ3) is 5.73. The van der Waals surface area contributed by atoms with Crippen LogP contribution in [0, 0.1) is 0 Å². The lowest BCUT2D eigenvalue weighted by Gasteiger charge is -2.34. The van der Waals surface area contributed by atoms with E-state index >= 15 is 0 Å². The number of hydrogen-bond donors (Lipinski definition) is 1. The number of benzene rings is 2. The summed E-state index contributed by atoms with van der Waals surface area (Å²) < 4.78 is 5.54. The number of thiophene rings is 1. The van der Waals surface area contributed by atoms with Crippen LogP contribution < -0.4 is 10.2 Å². The Morgan fingerprint density at radius 3 is 2.20 bits per heavy atom. The van der Waals surface area contributed by atoms with Crippen molar-refractivity contribution in [3.05, 3.63) is 71.6 Å². The van der Waals surface area contributed by atoms with E-state index in [0.717, 1.165) is 39.8 Å². The summed E-state index contributed by atoms with van der Waals surface area (Å²) in [5, 5.41) is 4.07. The second-order valence-corrected chi connectivity index (χ2v) is 9.81. The van der Waals surface area contributed by atoms with Crippen molar-refractivity contribution in [2.75, 3.05) is 69.2 Å². The maximum atomic E-state index is 13.4. The molecule has 0 spiro atoms. The summed E-state index contributed by atoms with van der Waals surface area (Å²) in [5.74, 6) is 0.0389. The minimum atomic E-state index is -0.0307. The summed E-state index contributed by atoms with van der Waals surface area (Å²) in [6, 6.07) is 21.8. The number of carbonyl (C=O) groups excluding carboxylic acids is 2. The highest BCUT2D eigenvalue weighted by atomic mass is 32.1. The molecule has 2 fully saturated rings. The Kier molecular flexibility index (Phi) is 7.42. The summed E-state index contributed by atoms with van der Waals surface area (Å²) in [5.41, 5.74) is 3.03. The van der Waals surface area contributed by atoms with Crippen molar-refractivity contribution >= 4 is 33.8 Å². The molecular formula is C27H30N4O3S. The van der Waals surface area contributed by atoms with Gasteiger partial charge in [-0.05, 0) is 23.8 Å². The van der Waals surface area contributed by atoms with Gasteiger partial charge in [0.05, 0.1) is 29.6 Å². The number of nitrogens with zero attached hydrogens (tertiary/aromatic N) is 3. The topological polar surface area (TPSA) is 65.1 Å². The van der Waals surface area contributed by atoms with Crippen LogP contribution in [-0.4, -0.2) is 80.6 Å². The van der Waals surface area contributed by atoms with E-state index in [9.17, 15) is 9.59 Å². The molecule has 0 saturated carbocycles. The van der Waals surface area contributed by atoms with E-state index in [2.05, 4.69) is 27.2 Å². The van der Waals surface area contributed by atoms with Crippen LogP contribution >= 0.6 is 11.3 Å². The molecule has 2 aliphatic rings. The molecule has 2 amide bonds. The fourth-order valence-corrected chi connectivity index (χ4v) is 5.70. The van der Waals surface area contributed by atoms with Crippen molar-refractivity contribution in [2.45, 2.75) is 0 Å². The average molecular weight is 491 g/mol. The van der Waals surface area contributed by atoms with Gasteiger partial charge in [-0.15, -0.1) is 11.3 Å². The van der Waals surface area contributed by atoms with Gasteiger partial charge in [0.1, 0.15) is 0 Å². The number of carbonyl (C=O) groups is 2. The fraction of sp³-hybridized carbons (Fsp3) is 0.333. The molecular weight excluding hydrogens is 460 g/mol. The maximum Gasteiger partial charge on any atom is 0.264 e. The molecule has 8 heteroatoms. The zero-order valence-electron chi connectivity index (χ0n) is 19.7. The molecule has 7 nitrogen and oxygen atoms in total. The SMILES string of the molecule is O=C(CN1CCN(C(=O)c2cc(-c3ccccc3)c(N3CCOCC3)s2)CC1)Nc1ccccc1. The van der Waals surface area contributed by atoms with E-state index in [-0.39, 0.29) is 11.8 Å². The van der Waals surface area contributed by atoms with E-state index in [1.54, 1.807) is 11.3 Å². The predicted molar refractivity (Wildman–Crippen MR) is 140 cm³/mol. The molecule has 3 heterocycles. The number of hydrogen-bond acceptors (Lipinski definition) is 6. The normalized spacial score (nSPS) is 16.8. The van der Waals surface area contributed by atoms with Gasteiger partial charge in [0.2, 0.25) is 5.91 Å². The number of morpholine rings is 1. The molecule has 0 bridgehead atoms. The Bertz CT molecular complexity index is 1140. The molecule has 0 unspecified atom stereocenters. The Labute approximate surface area is 209 Å². The van der Waals surface area contributed by atoms with E-state index in [0.29, 0.717) is 45.9 Å². The first-order valence-corrected chi connectivity index (χ1v) is 12.9. The molecule has 5 rings (SSSR count). The fourth-order valence-electron chi connectivity index (χ4n) is 4.50. The van der Waals surface area contributed by atoms with Crippen molar-refractivity contribution in [3.63, 3.8) is 0 Å². The van der Waals surface area contributed by atoms with E-state index in [1.165, 1.54) is 0 Å². The summed E-state index contributed by atoms with van der Waals surface area (Å²) in [7, 11) is 0. The maximum absolute atomic E-state index is 13.4. The van der Waals surface area contributed by atoms with Crippen molar-refractivity contribution in [1.82, 2.24) is 9.80 Å². The highest BCUT2D eigenvalue weighted by molar-refractivity contribution is 7.18. The number of piperazine rings is 1. The Morgan fingerprint density at radius 2 is 1.51 bits per heavy atom. The smallest absolute Gasteiger partial charge is 0.264 e. The van der Waals surface area contributed by atoms with Crippen LogP contribution in [0.1, 0.15) is 9.67 Å². The molecule has 182 valence electrons. The molecule has 3 aromatic rings. The van der Waals surface area contributed by atoms with Gasteiger partial charge in [-0.25, -0.2) is 0 Å². The molecule has 0 aliphatic carbocycles. The van der Waals surface area contributed by atoms with Gasteiger partial charge in [0.25, 0.3) is 5.91 Å². The van der Waals surface area contributed by atoms with E-state index < -0.39 is 0 Å². The van der Waals surface area contributed by atoms with Gasteiger partial charge in [-0.1, -0.05) is 48.5 Å². The molecule has 2 aromatic carbocycles. The van der Waals surface area contributed by atoms with Crippen LogP contribution in [0.2, 0.25) is 0 Å². The van der Waals surface area contributed by atoms with Crippen molar-refractivity contribution < 1.29 is 14.3 Å². The summed E-state index contributed by atoms with van der Waals surface area (Å²) in [6.07, 6.45) is 0. The lowest BCUT2D eigenvalue weighted by atomic mass is 10.1. The first kappa shape index (κ1) is 23.5. The summed E-state index contributed by atoms with van der Waals surface area (Å²) in [6.45, 7) is 5.99. The van der Waals surface area contributed by atoms with Gasteiger partial charge >= 0.3 is 0 Å². The van der Waals surface area contributed by atoms with Crippen molar-refractivity contribution in [3.8, 4) is 11.1 Å². The lowest BCUT2D eigenvalue weighted by Crippen LogP contribution is -2.50. The number of rotatable bonds is 6. The van der Waals surface area contributed by atoms with Gasteiger partial charge < -0.3 is 19.9 Å². The quantitative estimate of drug-likeness (QED) is 0.572. The largest absolute Gasteiger partial charge is 0.378 e. The molecule has 1 N–H and O–H groups in total. The Hall–Kier alpha value is -3.20. The van der Waals surface area contributed by atoms with E-state index in [1.807, 2.05) is 59.5 Å². The van der Waals surface area contributed by atoms with Crippen LogP contribution in [-0.2, 0) is 9.53 Å². The predicted octanol–water partition coefficient (Wildman–Crippen LogP) is 3.65. The second kappa shape index (κ2) is 11.0. The average Bonchev–Trinajstić information content (AvgIpc) is 3.36. The minimum Gasteiger partial charge on any atom is -0.378 e. The Balaban J connectivity index is 1.23. The lowest BCUT2D eigenvalue weighted by molar-refractivity contribution is -0.117. The Morgan fingerprint density at radius 1 is 0.857 bits per heavy atom. The molecule has 0 radical (unpaired) electrons. The van der Waals surface area contributed by atoms with Gasteiger partial charge in [-0.2, -0.15) is 0 Å². The standard InChI is InChI=1S/C27H30N4O3S/c32-25(28-22-9-5-2-6-10-22)20-29-11-13-30(14-12-29)26(33)24-19-23(21-7-3-1-4-8-21)27(35-24)31-15-17-34-18-16-31/h1-10,19H,11-18,20H2,(H,28,32). The monoisotopic (exact) mass is 490 g/mol. The molecule has 2 aliphatic heterocycles. The zero-order valence-corrected chi connectivity index (χ0v) is 20.5. The van der Waals surface area contributed by atoms with Gasteiger partial charge in [0.15, 0.2) is 0 Å². The third-order valence-corrected chi connectivity index (χ3v) is 7.57. The van der Waals surface area contributed by atoms with Crippen LogP contribution in [0.3, 0.4) is 0 Å². The number of ether oxygens (including phenoxy) is 1. The number of para-hydroxylation sites is 1. The summed E-state index contributed by atoms with van der Waals surface area (Å²) >= 11 is 1.58. The first-order valence-electron chi connectivity index (χ1n) is 12.1. The minimum absolute atomic E-state index is 0.0307. The molecule has 0 atom stereocenters. The highest BCUT2D eigenvalue weighted by Crippen LogP contribution is 2.40. The van der Waals surface area contributed by atoms with Crippen molar-refractivity contribution in [1.29, 1.82) is 0 Å². The van der Waals surface area contributed by atoms with Crippen LogP contribution in [0.4, 0.5) is 10.7 Å². The van der Waals surface area contributed by atoms with Gasteiger partial charge in [0, 0.05) is 50.5 Å². The summed E-state index contributed by atoms with van der Waals surface area (Å²) in [4.78, 5) is 33.0. The number of amides is 2. The highest BCUT2D eigenvalue weighted by Gasteiger charge is 2.27. The van der Waals surface area contributed by atoms with Crippen molar-refractivity contribution in [2.24, 2.45) is 0 Å². The molecule has 1 aromatic heterocycles. The third-order valence-electron chi connectivity index (χ3n) is 6.39. The number of anilines is 2. The second-order valence-electron chi connectivity index (χ2n) is 8.78.